The fourth-order valence-corrected chi connectivity index (χ4v) is 4.69. The van der Waals surface area contributed by atoms with E-state index in [0.717, 1.165) is 15.0 Å². The van der Waals surface area contributed by atoms with Crippen molar-refractivity contribution < 1.29 is 4.79 Å². The predicted molar refractivity (Wildman–Crippen MR) is 105 cm³/mol. The van der Waals surface area contributed by atoms with Gasteiger partial charge in [-0.3, -0.25) is 5.32 Å². The SMILES string of the molecule is O=C(Nc1ccccc1)Nc1nnc(-c2sc3ccccc3c2Cl)s1. The van der Waals surface area contributed by atoms with Gasteiger partial charge in [0.1, 0.15) is 0 Å². The normalized spacial score (nSPS) is 10.8. The van der Waals surface area contributed by atoms with Crippen LogP contribution < -0.4 is 10.6 Å². The molecule has 0 saturated heterocycles. The van der Waals surface area contributed by atoms with Gasteiger partial charge < -0.3 is 5.32 Å². The number of nitrogens with one attached hydrogen (secondary N) is 2. The van der Waals surface area contributed by atoms with Gasteiger partial charge in [-0.15, -0.1) is 21.5 Å². The van der Waals surface area contributed by atoms with Gasteiger partial charge in [-0.2, -0.15) is 0 Å². The molecule has 0 saturated carbocycles. The highest BCUT2D eigenvalue weighted by Crippen LogP contribution is 2.43. The molecule has 2 amide bonds. The number of urea groups is 1. The summed E-state index contributed by atoms with van der Waals surface area (Å²) < 4.78 is 1.09. The smallest absolute Gasteiger partial charge is 0.308 e. The minimum absolute atomic E-state index is 0.365. The summed E-state index contributed by atoms with van der Waals surface area (Å²) >= 11 is 9.31. The molecule has 2 aromatic carbocycles. The van der Waals surface area contributed by atoms with E-state index in [1.165, 1.54) is 11.3 Å². The molecular formula is C17H11ClN4OS2. The molecule has 8 heteroatoms. The van der Waals surface area contributed by atoms with Gasteiger partial charge in [0, 0.05) is 15.8 Å². The summed E-state index contributed by atoms with van der Waals surface area (Å²) in [7, 11) is 0. The highest BCUT2D eigenvalue weighted by Gasteiger charge is 2.16. The van der Waals surface area contributed by atoms with Crippen molar-refractivity contribution in [2.45, 2.75) is 0 Å². The van der Waals surface area contributed by atoms with Gasteiger partial charge in [-0.05, 0) is 18.2 Å². The summed E-state index contributed by atoms with van der Waals surface area (Å²) in [5.41, 5.74) is 0.706. The molecule has 0 radical (unpaired) electrons. The number of halogens is 1. The van der Waals surface area contributed by atoms with E-state index in [0.29, 0.717) is 20.8 Å². The Labute approximate surface area is 156 Å². The second-order valence-corrected chi connectivity index (χ2v) is 7.51. The maximum absolute atomic E-state index is 12.0. The number of aromatic nitrogens is 2. The number of anilines is 2. The Bertz CT molecular complexity index is 1050. The molecule has 2 heterocycles. The Kier molecular flexibility index (Phi) is 4.35. The van der Waals surface area contributed by atoms with Gasteiger partial charge in [0.25, 0.3) is 0 Å². The van der Waals surface area contributed by atoms with Crippen molar-refractivity contribution >= 4 is 61.2 Å². The first-order valence-electron chi connectivity index (χ1n) is 7.34. The molecule has 0 aliphatic rings. The number of benzene rings is 2. The summed E-state index contributed by atoms with van der Waals surface area (Å²) in [6, 6.07) is 16.7. The standard InChI is InChI=1S/C17H11ClN4OS2/c18-13-11-8-4-5-9-12(11)24-14(13)15-21-22-17(25-15)20-16(23)19-10-6-2-1-3-7-10/h1-9H,(H2,19,20,22,23). The summed E-state index contributed by atoms with van der Waals surface area (Å²) in [4.78, 5) is 12.9. The van der Waals surface area contributed by atoms with Gasteiger partial charge in [0.15, 0.2) is 5.01 Å². The van der Waals surface area contributed by atoms with E-state index in [1.807, 2.05) is 54.6 Å². The Morgan fingerprint density at radius 1 is 0.920 bits per heavy atom. The van der Waals surface area contributed by atoms with E-state index in [-0.39, 0.29) is 6.03 Å². The van der Waals surface area contributed by atoms with Gasteiger partial charge in [0.05, 0.1) is 9.90 Å². The molecule has 2 aromatic heterocycles. The van der Waals surface area contributed by atoms with Gasteiger partial charge >= 0.3 is 6.03 Å². The number of hydrogen-bond acceptors (Lipinski definition) is 5. The second kappa shape index (κ2) is 6.79. The third-order valence-corrected chi connectivity index (χ3v) is 6.07. The summed E-state index contributed by atoms with van der Waals surface area (Å²) in [5.74, 6) is 0. The molecule has 0 aliphatic carbocycles. The number of amides is 2. The van der Waals surface area contributed by atoms with Crippen molar-refractivity contribution in [1.82, 2.24) is 10.2 Å². The molecule has 0 fully saturated rings. The second-order valence-electron chi connectivity index (χ2n) is 5.10. The van der Waals surface area contributed by atoms with E-state index in [9.17, 15) is 4.79 Å². The monoisotopic (exact) mass is 386 g/mol. The van der Waals surface area contributed by atoms with Crippen LogP contribution in [0.4, 0.5) is 15.6 Å². The lowest BCUT2D eigenvalue weighted by Gasteiger charge is -2.03. The van der Waals surface area contributed by atoms with Gasteiger partial charge in [-0.25, -0.2) is 4.79 Å². The molecule has 4 rings (SSSR count). The molecule has 124 valence electrons. The van der Waals surface area contributed by atoms with E-state index in [4.69, 9.17) is 11.6 Å². The Morgan fingerprint density at radius 3 is 2.48 bits per heavy atom. The third kappa shape index (κ3) is 3.34. The van der Waals surface area contributed by atoms with Crippen LogP contribution in [0, 0.1) is 0 Å². The minimum atomic E-state index is -0.365. The van der Waals surface area contributed by atoms with Crippen LogP contribution in [0.25, 0.3) is 20.0 Å². The zero-order valence-electron chi connectivity index (χ0n) is 12.7. The van der Waals surface area contributed by atoms with Crippen molar-refractivity contribution in [2.75, 3.05) is 10.6 Å². The first-order chi connectivity index (χ1) is 12.2. The fraction of sp³-hybridized carbons (Fsp3) is 0. The molecule has 0 atom stereocenters. The molecule has 25 heavy (non-hydrogen) atoms. The van der Waals surface area contributed by atoms with Crippen LogP contribution in [0.5, 0.6) is 0 Å². The van der Waals surface area contributed by atoms with Gasteiger partial charge in [-0.1, -0.05) is 59.3 Å². The Balaban J connectivity index is 1.53. The number of nitrogens with zero attached hydrogens (tertiary/aromatic N) is 2. The molecular weight excluding hydrogens is 376 g/mol. The number of carbonyl (C=O) groups excluding carboxylic acids is 1. The largest absolute Gasteiger partial charge is 0.325 e. The van der Waals surface area contributed by atoms with E-state index < -0.39 is 0 Å². The zero-order valence-corrected chi connectivity index (χ0v) is 15.1. The molecule has 0 bridgehead atoms. The molecule has 0 aliphatic heterocycles. The molecule has 0 unspecified atom stereocenters. The first kappa shape index (κ1) is 16.0. The Morgan fingerprint density at radius 2 is 1.68 bits per heavy atom. The van der Waals surface area contributed by atoms with Crippen LogP contribution in [-0.2, 0) is 0 Å². The van der Waals surface area contributed by atoms with Crippen LogP contribution in [0.2, 0.25) is 5.02 Å². The lowest BCUT2D eigenvalue weighted by Crippen LogP contribution is -2.19. The number of hydrogen-bond donors (Lipinski definition) is 2. The highest BCUT2D eigenvalue weighted by molar-refractivity contribution is 7.27. The summed E-state index contributed by atoms with van der Waals surface area (Å²) in [6.45, 7) is 0. The molecule has 0 spiro atoms. The van der Waals surface area contributed by atoms with Gasteiger partial charge in [0.2, 0.25) is 5.13 Å². The van der Waals surface area contributed by atoms with Crippen LogP contribution in [-0.4, -0.2) is 16.2 Å². The third-order valence-electron chi connectivity index (χ3n) is 3.41. The van der Waals surface area contributed by atoms with E-state index >= 15 is 0 Å². The number of thiophene rings is 1. The maximum Gasteiger partial charge on any atom is 0.325 e. The summed E-state index contributed by atoms with van der Waals surface area (Å²) in [6.07, 6.45) is 0. The zero-order chi connectivity index (χ0) is 17.2. The maximum atomic E-state index is 12.0. The van der Waals surface area contributed by atoms with Crippen LogP contribution in [0.15, 0.2) is 54.6 Å². The number of para-hydroxylation sites is 1. The minimum Gasteiger partial charge on any atom is -0.308 e. The van der Waals surface area contributed by atoms with Crippen LogP contribution in [0.1, 0.15) is 0 Å². The fourth-order valence-electron chi connectivity index (χ4n) is 2.30. The van der Waals surface area contributed by atoms with Crippen molar-refractivity contribution in [3.8, 4) is 9.88 Å². The number of carbonyl (C=O) groups is 1. The van der Waals surface area contributed by atoms with Crippen molar-refractivity contribution in [3.63, 3.8) is 0 Å². The number of fused-ring (bicyclic) bond motifs is 1. The van der Waals surface area contributed by atoms with E-state index in [1.54, 1.807) is 11.3 Å². The van der Waals surface area contributed by atoms with Crippen molar-refractivity contribution in [1.29, 1.82) is 0 Å². The first-order valence-corrected chi connectivity index (χ1v) is 9.36. The van der Waals surface area contributed by atoms with E-state index in [2.05, 4.69) is 20.8 Å². The molecule has 4 aromatic rings. The molecule has 5 nitrogen and oxygen atoms in total. The van der Waals surface area contributed by atoms with Crippen molar-refractivity contribution in [3.05, 3.63) is 59.6 Å². The topological polar surface area (TPSA) is 66.9 Å². The lowest BCUT2D eigenvalue weighted by molar-refractivity contribution is 0.262. The average Bonchev–Trinajstić information content (AvgIpc) is 3.21. The summed E-state index contributed by atoms with van der Waals surface area (Å²) in [5, 5.41) is 16.4. The molecule has 2 N–H and O–H groups in total. The number of rotatable bonds is 3. The van der Waals surface area contributed by atoms with Crippen LogP contribution in [0.3, 0.4) is 0 Å². The lowest BCUT2D eigenvalue weighted by atomic mass is 10.2. The predicted octanol–water partition coefficient (Wildman–Crippen LogP) is 5.72. The van der Waals surface area contributed by atoms with Crippen molar-refractivity contribution in [2.24, 2.45) is 0 Å². The Hall–Kier alpha value is -2.48. The average molecular weight is 387 g/mol. The van der Waals surface area contributed by atoms with Crippen LogP contribution >= 0.6 is 34.3 Å². The highest BCUT2D eigenvalue weighted by atomic mass is 35.5. The quantitative estimate of drug-likeness (QED) is 0.473.